The lowest BCUT2D eigenvalue weighted by molar-refractivity contribution is 0.594. The zero-order chi connectivity index (χ0) is 26.5. The summed E-state index contributed by atoms with van der Waals surface area (Å²) in [5.41, 5.74) is 10.2. The van der Waals surface area contributed by atoms with Crippen LogP contribution in [0.2, 0.25) is 0 Å². The average molecular weight is 512 g/mol. The molecule has 2 nitrogen and oxygen atoms in total. The zero-order valence-electron chi connectivity index (χ0n) is 21.9. The quantitative estimate of drug-likeness (QED) is 0.230. The Morgan fingerprint density at radius 1 is 0.675 bits per heavy atom. The summed E-state index contributed by atoms with van der Waals surface area (Å²) in [5.74, 6) is 1.87. The van der Waals surface area contributed by atoms with Crippen LogP contribution in [0.4, 0.5) is 0 Å². The van der Waals surface area contributed by atoms with Crippen LogP contribution < -0.4 is 0 Å². The van der Waals surface area contributed by atoms with E-state index in [1.165, 1.54) is 27.4 Å². The average Bonchev–Trinajstić information content (AvgIpc) is 3.58. The minimum atomic E-state index is 0.930. The van der Waals surface area contributed by atoms with Gasteiger partial charge in [0.05, 0.1) is 11.0 Å². The Labute approximate surface area is 233 Å². The molecule has 2 heteroatoms. The lowest BCUT2D eigenvalue weighted by atomic mass is 9.90. The molecule has 0 saturated heterocycles. The second-order valence-electron chi connectivity index (χ2n) is 10.3. The molecule has 2 heterocycles. The maximum atomic E-state index is 6.89. The SMILES string of the molecule is c1cccc(-c2cc3c4ccccc4n(-c4ccccc4)c3cc2-c2oc(-c3ccccc3)c3c2CCC=C3)c#1. The van der Waals surface area contributed by atoms with Crippen molar-refractivity contribution in [2.24, 2.45) is 0 Å². The molecule has 0 amide bonds. The highest BCUT2D eigenvalue weighted by atomic mass is 16.3. The van der Waals surface area contributed by atoms with Gasteiger partial charge in [-0.25, -0.2) is 0 Å². The highest BCUT2D eigenvalue weighted by molar-refractivity contribution is 6.12. The van der Waals surface area contributed by atoms with Gasteiger partial charge in [-0.15, -0.1) is 0 Å². The van der Waals surface area contributed by atoms with Gasteiger partial charge < -0.3 is 8.98 Å². The van der Waals surface area contributed by atoms with Gasteiger partial charge in [0.1, 0.15) is 11.5 Å². The van der Waals surface area contributed by atoms with Gasteiger partial charge in [-0.05, 0) is 55.3 Å². The van der Waals surface area contributed by atoms with Crippen molar-refractivity contribution in [2.45, 2.75) is 12.8 Å². The Hall–Kier alpha value is -5.26. The van der Waals surface area contributed by atoms with Crippen molar-refractivity contribution in [2.75, 3.05) is 0 Å². The van der Waals surface area contributed by atoms with E-state index >= 15 is 0 Å². The van der Waals surface area contributed by atoms with Gasteiger partial charge >= 0.3 is 0 Å². The fourth-order valence-electron chi connectivity index (χ4n) is 6.14. The van der Waals surface area contributed by atoms with E-state index in [4.69, 9.17) is 4.42 Å². The van der Waals surface area contributed by atoms with Gasteiger partial charge in [0, 0.05) is 49.8 Å². The maximum absolute atomic E-state index is 6.89. The summed E-state index contributed by atoms with van der Waals surface area (Å²) in [5, 5.41) is 2.43. The smallest absolute Gasteiger partial charge is 0.142 e. The predicted octanol–water partition coefficient (Wildman–Crippen LogP) is 9.94. The molecule has 0 aliphatic heterocycles. The fourth-order valence-corrected chi connectivity index (χ4v) is 6.14. The van der Waals surface area contributed by atoms with E-state index in [1.54, 1.807) is 0 Å². The Bertz CT molecular complexity index is 2030. The number of fused-ring (bicyclic) bond motifs is 4. The molecule has 0 unspecified atom stereocenters. The van der Waals surface area contributed by atoms with Gasteiger partial charge in [0.2, 0.25) is 0 Å². The number of rotatable bonds is 4. The summed E-state index contributed by atoms with van der Waals surface area (Å²) in [7, 11) is 0. The highest BCUT2D eigenvalue weighted by Gasteiger charge is 2.26. The molecule has 0 bridgehead atoms. The first-order valence-electron chi connectivity index (χ1n) is 13.8. The van der Waals surface area contributed by atoms with Gasteiger partial charge in [-0.1, -0.05) is 97.1 Å². The summed E-state index contributed by atoms with van der Waals surface area (Å²) >= 11 is 0. The van der Waals surface area contributed by atoms with Crippen LogP contribution in [0.3, 0.4) is 0 Å². The molecule has 188 valence electrons. The van der Waals surface area contributed by atoms with Crippen molar-refractivity contribution in [3.8, 4) is 39.5 Å². The van der Waals surface area contributed by atoms with Crippen LogP contribution in [0.15, 0.2) is 126 Å². The van der Waals surface area contributed by atoms with Crippen molar-refractivity contribution >= 4 is 27.9 Å². The van der Waals surface area contributed by atoms with Crippen molar-refractivity contribution in [3.05, 3.63) is 145 Å². The minimum Gasteiger partial charge on any atom is -0.455 e. The molecule has 0 N–H and O–H groups in total. The van der Waals surface area contributed by atoms with Crippen LogP contribution >= 0.6 is 0 Å². The first kappa shape index (κ1) is 22.7. The number of aromatic nitrogens is 1. The normalized spacial score (nSPS) is 12.5. The zero-order valence-corrected chi connectivity index (χ0v) is 21.9. The van der Waals surface area contributed by atoms with Gasteiger partial charge in [-0.3, -0.25) is 0 Å². The summed E-state index contributed by atoms with van der Waals surface area (Å²) in [6.45, 7) is 0. The minimum absolute atomic E-state index is 0.930. The molecule has 0 spiro atoms. The lowest BCUT2D eigenvalue weighted by Gasteiger charge is -2.13. The number of allylic oxidation sites excluding steroid dienone is 1. The topological polar surface area (TPSA) is 18.1 Å². The molecule has 8 rings (SSSR count). The molecule has 0 atom stereocenters. The molecule has 1 aliphatic rings. The number of para-hydroxylation sites is 2. The van der Waals surface area contributed by atoms with Crippen LogP contribution in [-0.2, 0) is 6.42 Å². The van der Waals surface area contributed by atoms with Crippen LogP contribution in [0.1, 0.15) is 17.5 Å². The summed E-state index contributed by atoms with van der Waals surface area (Å²) < 4.78 is 9.25. The third-order valence-electron chi connectivity index (χ3n) is 7.94. The number of hydrogen-bond donors (Lipinski definition) is 0. The van der Waals surface area contributed by atoms with E-state index in [2.05, 4.69) is 126 Å². The van der Waals surface area contributed by atoms with Crippen molar-refractivity contribution < 1.29 is 4.42 Å². The van der Waals surface area contributed by atoms with Crippen LogP contribution in [0.25, 0.3) is 67.3 Å². The van der Waals surface area contributed by atoms with Gasteiger partial charge in [0.15, 0.2) is 0 Å². The van der Waals surface area contributed by atoms with Gasteiger partial charge in [0.25, 0.3) is 0 Å². The monoisotopic (exact) mass is 511 g/mol. The Morgan fingerprint density at radius 3 is 2.30 bits per heavy atom. The van der Waals surface area contributed by atoms with E-state index in [1.807, 2.05) is 18.2 Å². The molecule has 2 aromatic heterocycles. The molecule has 40 heavy (non-hydrogen) atoms. The maximum Gasteiger partial charge on any atom is 0.142 e. The number of furan rings is 1. The van der Waals surface area contributed by atoms with E-state index in [9.17, 15) is 0 Å². The first-order chi connectivity index (χ1) is 19.9. The molecular weight excluding hydrogens is 486 g/mol. The fraction of sp³-hybridized carbons (Fsp3) is 0.0526. The van der Waals surface area contributed by atoms with Crippen LogP contribution in [-0.4, -0.2) is 4.57 Å². The summed E-state index contributed by atoms with van der Waals surface area (Å²) in [6.07, 6.45) is 6.43. The van der Waals surface area contributed by atoms with Crippen LogP contribution in [0.5, 0.6) is 0 Å². The molecule has 0 radical (unpaired) electrons. The summed E-state index contributed by atoms with van der Waals surface area (Å²) in [6, 6.07) is 47.0. The number of hydrogen-bond acceptors (Lipinski definition) is 1. The summed E-state index contributed by atoms with van der Waals surface area (Å²) in [4.78, 5) is 0. The third-order valence-corrected chi connectivity index (χ3v) is 7.94. The number of nitrogens with zero attached hydrogens (tertiary/aromatic N) is 1. The Kier molecular flexibility index (Phi) is 5.21. The van der Waals surface area contributed by atoms with Crippen molar-refractivity contribution in [1.29, 1.82) is 0 Å². The molecule has 0 saturated carbocycles. The second-order valence-corrected chi connectivity index (χ2v) is 10.3. The van der Waals surface area contributed by atoms with E-state index in [-0.39, 0.29) is 0 Å². The van der Waals surface area contributed by atoms with Crippen LogP contribution in [0, 0.1) is 12.1 Å². The molecule has 7 aromatic rings. The second kappa shape index (κ2) is 9.19. The van der Waals surface area contributed by atoms with E-state index in [0.717, 1.165) is 57.8 Å². The lowest BCUT2D eigenvalue weighted by Crippen LogP contribution is -1.96. The van der Waals surface area contributed by atoms with Crippen molar-refractivity contribution in [1.82, 2.24) is 4.57 Å². The Balaban J connectivity index is 1.49. The van der Waals surface area contributed by atoms with E-state index in [0.29, 0.717) is 0 Å². The third kappa shape index (κ3) is 3.52. The van der Waals surface area contributed by atoms with Crippen molar-refractivity contribution in [3.63, 3.8) is 0 Å². The van der Waals surface area contributed by atoms with E-state index < -0.39 is 0 Å². The Morgan fingerprint density at radius 2 is 1.48 bits per heavy atom. The largest absolute Gasteiger partial charge is 0.455 e. The molecular formula is C38H25NO. The molecule has 0 fully saturated rings. The highest BCUT2D eigenvalue weighted by Crippen LogP contribution is 2.46. The predicted molar refractivity (Wildman–Crippen MR) is 164 cm³/mol. The first-order valence-corrected chi connectivity index (χ1v) is 13.8. The number of benzene rings is 4. The van der Waals surface area contributed by atoms with Gasteiger partial charge in [-0.2, -0.15) is 0 Å². The molecule has 5 aromatic carbocycles. The standard InChI is InChI=1S/C38H25NO/c1-4-14-26(15-5-1)32-24-33-29-20-12-13-23-35(29)39(28-18-8-3-9-19-28)36(33)25-34(32)38-31-22-11-10-21-30(31)37(40-38)27-16-6-2-7-17-27/h1-4,6-10,12-14,16-21,23-25H,11,22H2. The molecule has 1 aliphatic carbocycles.